The number of rotatable bonds is 3. The van der Waals surface area contributed by atoms with Crippen LogP contribution in [-0.4, -0.2) is 28.5 Å². The molecule has 1 rings (SSSR count). The Balaban J connectivity index is 2.93. The first-order valence-electron chi connectivity index (χ1n) is 3.72. The van der Waals surface area contributed by atoms with Crippen molar-refractivity contribution in [1.82, 2.24) is 15.0 Å². The lowest BCUT2D eigenvalue weighted by atomic mass is 10.5. The normalized spacial score (nSPS) is 9.62. The average Bonchev–Trinajstić information content (AvgIpc) is 2.03. The molecule has 0 aliphatic heterocycles. The minimum Gasteiger partial charge on any atom is -0.368 e. The van der Waals surface area contributed by atoms with E-state index in [4.69, 9.17) is 11.5 Å². The molecule has 0 amide bonds. The fourth-order valence-electron chi connectivity index (χ4n) is 0.843. The minimum atomic E-state index is 0.124. The van der Waals surface area contributed by atoms with Gasteiger partial charge >= 0.3 is 0 Å². The Hall–Kier alpha value is -1.85. The summed E-state index contributed by atoms with van der Waals surface area (Å²) < 4.78 is 0. The monoisotopic (exact) mass is 180 g/mol. The SMILES string of the molecule is C=CCN(C)c1nc(N)nc(N)n1. The van der Waals surface area contributed by atoms with Gasteiger partial charge in [-0.3, -0.25) is 0 Å². The van der Waals surface area contributed by atoms with Crippen molar-refractivity contribution in [2.45, 2.75) is 0 Å². The zero-order valence-electron chi connectivity index (χ0n) is 7.44. The van der Waals surface area contributed by atoms with Crippen molar-refractivity contribution in [3.05, 3.63) is 12.7 Å². The highest BCUT2D eigenvalue weighted by atomic mass is 15.3. The van der Waals surface area contributed by atoms with Gasteiger partial charge in [0.05, 0.1) is 0 Å². The molecule has 0 bridgehead atoms. The highest BCUT2D eigenvalue weighted by molar-refractivity contribution is 5.39. The minimum absolute atomic E-state index is 0.124. The van der Waals surface area contributed by atoms with Crippen molar-refractivity contribution in [3.63, 3.8) is 0 Å². The number of hydrogen-bond acceptors (Lipinski definition) is 6. The maximum Gasteiger partial charge on any atom is 0.231 e. The molecule has 0 aliphatic carbocycles. The molecule has 6 heteroatoms. The van der Waals surface area contributed by atoms with Gasteiger partial charge in [0.1, 0.15) is 0 Å². The Kier molecular flexibility index (Phi) is 2.63. The zero-order chi connectivity index (χ0) is 9.84. The molecule has 0 aliphatic rings. The van der Waals surface area contributed by atoms with E-state index in [1.54, 1.807) is 11.0 Å². The van der Waals surface area contributed by atoms with Crippen LogP contribution < -0.4 is 16.4 Å². The van der Waals surface area contributed by atoms with Crippen LogP contribution in [0.3, 0.4) is 0 Å². The average molecular weight is 180 g/mol. The highest BCUT2D eigenvalue weighted by Gasteiger charge is 2.04. The number of aromatic nitrogens is 3. The van der Waals surface area contributed by atoms with E-state index in [2.05, 4.69) is 21.5 Å². The summed E-state index contributed by atoms with van der Waals surface area (Å²) in [5, 5.41) is 0. The van der Waals surface area contributed by atoms with Crippen LogP contribution in [-0.2, 0) is 0 Å². The van der Waals surface area contributed by atoms with Gasteiger partial charge in [0.2, 0.25) is 17.8 Å². The molecule has 0 saturated carbocycles. The molecular weight excluding hydrogens is 168 g/mol. The van der Waals surface area contributed by atoms with Crippen LogP contribution in [0, 0.1) is 0 Å². The highest BCUT2D eigenvalue weighted by Crippen LogP contribution is 2.07. The van der Waals surface area contributed by atoms with Crippen molar-refractivity contribution < 1.29 is 0 Å². The lowest BCUT2D eigenvalue weighted by molar-refractivity contribution is 0.928. The van der Waals surface area contributed by atoms with E-state index < -0.39 is 0 Å². The Labute approximate surface area is 76.3 Å². The maximum atomic E-state index is 5.40. The predicted octanol–water partition coefficient (Wildman–Crippen LogP) is -0.342. The molecule has 1 heterocycles. The fourth-order valence-corrected chi connectivity index (χ4v) is 0.843. The van der Waals surface area contributed by atoms with Gasteiger partial charge in [0.15, 0.2) is 0 Å². The predicted molar refractivity (Wildman–Crippen MR) is 52.1 cm³/mol. The van der Waals surface area contributed by atoms with Crippen LogP contribution in [0.2, 0.25) is 0 Å². The van der Waals surface area contributed by atoms with E-state index in [0.717, 1.165) is 0 Å². The van der Waals surface area contributed by atoms with Crippen molar-refractivity contribution in [2.75, 3.05) is 30.0 Å². The maximum absolute atomic E-state index is 5.40. The summed E-state index contributed by atoms with van der Waals surface area (Å²) in [6.45, 7) is 4.22. The summed E-state index contributed by atoms with van der Waals surface area (Å²) >= 11 is 0. The van der Waals surface area contributed by atoms with Crippen LogP contribution in [0.4, 0.5) is 17.8 Å². The van der Waals surface area contributed by atoms with Gasteiger partial charge < -0.3 is 16.4 Å². The third-order valence-corrected chi connectivity index (χ3v) is 1.40. The van der Waals surface area contributed by atoms with Crippen LogP contribution in [0.5, 0.6) is 0 Å². The van der Waals surface area contributed by atoms with Crippen LogP contribution >= 0.6 is 0 Å². The number of anilines is 3. The number of nitrogen functional groups attached to an aromatic ring is 2. The molecule has 0 aromatic carbocycles. The summed E-state index contributed by atoms with van der Waals surface area (Å²) in [4.78, 5) is 13.2. The van der Waals surface area contributed by atoms with Crippen LogP contribution in [0.1, 0.15) is 0 Å². The van der Waals surface area contributed by atoms with Gasteiger partial charge in [-0.25, -0.2) is 0 Å². The molecule has 0 saturated heterocycles. The molecule has 0 atom stereocenters. The molecule has 0 radical (unpaired) electrons. The van der Waals surface area contributed by atoms with E-state index in [-0.39, 0.29) is 11.9 Å². The molecule has 4 N–H and O–H groups in total. The largest absolute Gasteiger partial charge is 0.368 e. The van der Waals surface area contributed by atoms with Crippen molar-refractivity contribution in [2.24, 2.45) is 0 Å². The van der Waals surface area contributed by atoms with Gasteiger partial charge in [-0.2, -0.15) is 15.0 Å². The van der Waals surface area contributed by atoms with Crippen molar-refractivity contribution >= 4 is 17.8 Å². The number of nitrogens with zero attached hydrogens (tertiary/aromatic N) is 4. The Bertz CT molecular complexity index is 290. The first-order chi connectivity index (χ1) is 6.13. The fraction of sp³-hybridized carbons (Fsp3) is 0.286. The van der Waals surface area contributed by atoms with Crippen LogP contribution in [0.15, 0.2) is 12.7 Å². The van der Waals surface area contributed by atoms with Gasteiger partial charge in [-0.1, -0.05) is 6.08 Å². The zero-order valence-corrected chi connectivity index (χ0v) is 7.44. The topological polar surface area (TPSA) is 94.0 Å². The number of likely N-dealkylation sites (N-methyl/N-ethyl adjacent to an activating group) is 1. The van der Waals surface area contributed by atoms with Gasteiger partial charge in [0, 0.05) is 13.6 Å². The van der Waals surface area contributed by atoms with E-state index in [1.165, 1.54) is 0 Å². The Morgan fingerprint density at radius 2 is 1.85 bits per heavy atom. The van der Waals surface area contributed by atoms with E-state index in [1.807, 2.05) is 7.05 Å². The number of nitrogens with two attached hydrogens (primary N) is 2. The van der Waals surface area contributed by atoms with Crippen LogP contribution in [0.25, 0.3) is 0 Å². The summed E-state index contributed by atoms with van der Waals surface area (Å²) in [5.74, 6) is 0.696. The second-order valence-corrected chi connectivity index (χ2v) is 2.52. The summed E-state index contributed by atoms with van der Waals surface area (Å²) in [7, 11) is 1.82. The van der Waals surface area contributed by atoms with Gasteiger partial charge in [0.25, 0.3) is 0 Å². The second-order valence-electron chi connectivity index (χ2n) is 2.52. The molecule has 1 aromatic rings. The molecule has 1 aromatic heterocycles. The van der Waals surface area contributed by atoms with E-state index in [9.17, 15) is 0 Å². The molecule has 70 valence electrons. The third-order valence-electron chi connectivity index (χ3n) is 1.40. The second kappa shape index (κ2) is 3.70. The summed E-state index contributed by atoms with van der Waals surface area (Å²) in [6.07, 6.45) is 1.73. The number of hydrogen-bond donors (Lipinski definition) is 2. The third kappa shape index (κ3) is 2.29. The van der Waals surface area contributed by atoms with E-state index >= 15 is 0 Å². The molecule has 13 heavy (non-hydrogen) atoms. The first-order valence-corrected chi connectivity index (χ1v) is 3.72. The van der Waals surface area contributed by atoms with E-state index in [0.29, 0.717) is 12.5 Å². The van der Waals surface area contributed by atoms with Crippen molar-refractivity contribution in [1.29, 1.82) is 0 Å². The van der Waals surface area contributed by atoms with Gasteiger partial charge in [-0.05, 0) is 0 Å². The molecule has 6 nitrogen and oxygen atoms in total. The van der Waals surface area contributed by atoms with Crippen molar-refractivity contribution in [3.8, 4) is 0 Å². The Morgan fingerprint density at radius 1 is 1.31 bits per heavy atom. The molecule has 0 unspecified atom stereocenters. The standard InChI is InChI=1S/C7H12N6/c1-3-4-13(2)7-11-5(8)10-6(9)12-7/h3H,1,4H2,2H3,(H4,8,9,10,11,12). The quantitative estimate of drug-likeness (QED) is 0.618. The summed E-state index contributed by atoms with van der Waals surface area (Å²) in [6, 6.07) is 0. The first kappa shape index (κ1) is 9.24. The smallest absolute Gasteiger partial charge is 0.231 e. The molecular formula is C7H12N6. The van der Waals surface area contributed by atoms with Gasteiger partial charge in [-0.15, -0.1) is 6.58 Å². The summed E-state index contributed by atoms with van der Waals surface area (Å²) in [5.41, 5.74) is 10.8. The molecule has 0 fully saturated rings. The Morgan fingerprint density at radius 3 is 2.31 bits per heavy atom. The lowest BCUT2D eigenvalue weighted by Gasteiger charge is -2.14. The lowest BCUT2D eigenvalue weighted by Crippen LogP contribution is -2.21. The molecule has 0 spiro atoms.